The first-order valence-electron chi connectivity index (χ1n) is 12.1. The van der Waals surface area contributed by atoms with E-state index < -0.39 is 0 Å². The maximum atomic E-state index is 13.2. The lowest BCUT2D eigenvalue weighted by molar-refractivity contribution is -0.116. The number of rotatable bonds is 9. The molecule has 0 saturated carbocycles. The highest BCUT2D eigenvalue weighted by molar-refractivity contribution is 5.94. The Labute approximate surface area is 207 Å². The summed E-state index contributed by atoms with van der Waals surface area (Å²) in [4.78, 5) is 27.4. The first-order valence-corrected chi connectivity index (χ1v) is 12.1. The van der Waals surface area contributed by atoms with Gasteiger partial charge in [-0.15, -0.1) is 0 Å². The number of hydrogen-bond acceptors (Lipinski definition) is 4. The van der Waals surface area contributed by atoms with Gasteiger partial charge in [0.1, 0.15) is 18.1 Å². The van der Waals surface area contributed by atoms with E-state index in [-0.39, 0.29) is 30.4 Å². The number of aryl methyl sites for hydroxylation is 2. The third-order valence-corrected chi connectivity index (χ3v) is 5.68. The smallest absolute Gasteiger partial charge is 0.318 e. The van der Waals surface area contributed by atoms with Crippen molar-refractivity contribution in [2.45, 2.75) is 66.3 Å². The number of nitrogens with zero attached hydrogens (tertiary/aromatic N) is 3. The SMILES string of the molecule is CCCCNC(=O)N(CC(=O)Nc1cc(C(C)(C)C)nn1-c1ccc(C)cc1C)Cc1ccco1. The Hall–Kier alpha value is -3.55. The number of carbonyl (C=O) groups excluding carboxylic acids is 2. The molecule has 3 amide bonds. The van der Waals surface area contributed by atoms with Crippen LogP contribution in [0.25, 0.3) is 5.69 Å². The Bertz CT molecular complexity index is 1140. The standard InChI is InChI=1S/C27H37N5O3/c1-7-8-13-28-26(34)31(17-21-10-9-14-35-21)18-25(33)29-24-16-23(27(4,5)6)30-32(24)22-12-11-19(2)15-20(22)3/h9-12,14-16H,7-8,13,17-18H2,1-6H3,(H,28,34)(H,29,33). The summed E-state index contributed by atoms with van der Waals surface area (Å²) in [7, 11) is 0. The maximum absolute atomic E-state index is 13.2. The molecule has 0 fully saturated rings. The topological polar surface area (TPSA) is 92.4 Å². The van der Waals surface area contributed by atoms with Crippen LogP contribution in [0, 0.1) is 13.8 Å². The zero-order valence-corrected chi connectivity index (χ0v) is 21.6. The van der Waals surface area contributed by atoms with Crippen LogP contribution in [-0.2, 0) is 16.8 Å². The fourth-order valence-electron chi connectivity index (χ4n) is 3.69. The number of amides is 3. The number of aromatic nitrogens is 2. The monoisotopic (exact) mass is 479 g/mol. The highest BCUT2D eigenvalue weighted by Crippen LogP contribution is 2.27. The Morgan fingerprint density at radius 3 is 2.54 bits per heavy atom. The summed E-state index contributed by atoms with van der Waals surface area (Å²) in [6.45, 7) is 13.0. The van der Waals surface area contributed by atoms with Crippen LogP contribution in [0.15, 0.2) is 47.1 Å². The summed E-state index contributed by atoms with van der Waals surface area (Å²) in [5.74, 6) is 0.864. The third-order valence-electron chi connectivity index (χ3n) is 5.68. The number of nitrogens with one attached hydrogen (secondary N) is 2. The van der Waals surface area contributed by atoms with E-state index in [9.17, 15) is 9.59 Å². The van der Waals surface area contributed by atoms with Crippen LogP contribution in [0.4, 0.5) is 10.6 Å². The molecule has 3 rings (SSSR count). The summed E-state index contributed by atoms with van der Waals surface area (Å²) in [5.41, 5.74) is 3.76. The van der Waals surface area contributed by atoms with Gasteiger partial charge in [0.25, 0.3) is 0 Å². The molecule has 35 heavy (non-hydrogen) atoms. The summed E-state index contributed by atoms with van der Waals surface area (Å²) in [5, 5.41) is 10.7. The number of benzene rings is 1. The van der Waals surface area contributed by atoms with E-state index in [1.54, 1.807) is 23.1 Å². The van der Waals surface area contributed by atoms with Crippen molar-refractivity contribution in [1.82, 2.24) is 20.0 Å². The molecule has 0 aliphatic carbocycles. The molecule has 0 radical (unpaired) electrons. The van der Waals surface area contributed by atoms with Crippen LogP contribution >= 0.6 is 0 Å². The Kier molecular flexibility index (Phi) is 8.38. The van der Waals surface area contributed by atoms with Crippen molar-refractivity contribution in [3.05, 3.63) is 65.2 Å². The Balaban J connectivity index is 1.84. The molecule has 3 aromatic rings. The van der Waals surface area contributed by atoms with Crippen LogP contribution in [0.2, 0.25) is 0 Å². The molecule has 0 unspecified atom stereocenters. The number of hydrogen-bond donors (Lipinski definition) is 2. The summed E-state index contributed by atoms with van der Waals surface area (Å²) in [6, 6.07) is 11.3. The predicted octanol–water partition coefficient (Wildman–Crippen LogP) is 5.33. The van der Waals surface area contributed by atoms with Gasteiger partial charge in [-0.25, -0.2) is 9.48 Å². The van der Waals surface area contributed by atoms with Crippen molar-refractivity contribution in [2.75, 3.05) is 18.4 Å². The van der Waals surface area contributed by atoms with Gasteiger partial charge in [0.05, 0.1) is 24.2 Å². The second-order valence-corrected chi connectivity index (χ2v) is 9.94. The van der Waals surface area contributed by atoms with Gasteiger partial charge in [0.2, 0.25) is 5.91 Å². The largest absolute Gasteiger partial charge is 0.467 e. The van der Waals surface area contributed by atoms with Gasteiger partial charge < -0.3 is 20.0 Å². The van der Waals surface area contributed by atoms with Gasteiger partial charge >= 0.3 is 6.03 Å². The minimum atomic E-state index is -0.312. The van der Waals surface area contributed by atoms with Crippen molar-refractivity contribution < 1.29 is 14.0 Å². The zero-order valence-electron chi connectivity index (χ0n) is 21.6. The van der Waals surface area contributed by atoms with Gasteiger partial charge in [-0.05, 0) is 44.0 Å². The van der Waals surface area contributed by atoms with E-state index in [0.29, 0.717) is 18.1 Å². The molecule has 1 aromatic carbocycles. The van der Waals surface area contributed by atoms with E-state index in [1.807, 2.05) is 32.0 Å². The normalized spacial score (nSPS) is 11.4. The number of anilines is 1. The lowest BCUT2D eigenvalue weighted by Crippen LogP contribution is -2.44. The van der Waals surface area contributed by atoms with Crippen LogP contribution in [0.3, 0.4) is 0 Å². The molecule has 2 aromatic heterocycles. The van der Waals surface area contributed by atoms with Gasteiger partial charge in [-0.3, -0.25) is 4.79 Å². The van der Waals surface area contributed by atoms with Gasteiger partial charge in [0, 0.05) is 18.0 Å². The number of unbranched alkanes of at least 4 members (excludes halogenated alkanes) is 1. The van der Waals surface area contributed by atoms with Crippen molar-refractivity contribution in [3.63, 3.8) is 0 Å². The Morgan fingerprint density at radius 1 is 1.14 bits per heavy atom. The average Bonchev–Trinajstić information content (AvgIpc) is 3.43. The predicted molar refractivity (Wildman–Crippen MR) is 138 cm³/mol. The van der Waals surface area contributed by atoms with Crippen molar-refractivity contribution >= 4 is 17.8 Å². The summed E-state index contributed by atoms with van der Waals surface area (Å²) >= 11 is 0. The van der Waals surface area contributed by atoms with Crippen LogP contribution in [-0.4, -0.2) is 39.7 Å². The third kappa shape index (κ3) is 6.97. The minimum Gasteiger partial charge on any atom is -0.467 e. The number of carbonyl (C=O) groups is 2. The maximum Gasteiger partial charge on any atom is 0.318 e. The molecule has 188 valence electrons. The average molecular weight is 480 g/mol. The van der Waals surface area contributed by atoms with Crippen molar-refractivity contribution in [1.29, 1.82) is 0 Å². The van der Waals surface area contributed by atoms with E-state index in [0.717, 1.165) is 35.3 Å². The van der Waals surface area contributed by atoms with E-state index in [2.05, 4.69) is 44.4 Å². The summed E-state index contributed by atoms with van der Waals surface area (Å²) < 4.78 is 7.18. The van der Waals surface area contributed by atoms with Crippen LogP contribution < -0.4 is 10.6 Å². The molecule has 0 aliphatic heterocycles. The number of furan rings is 1. The highest BCUT2D eigenvalue weighted by Gasteiger charge is 2.24. The van der Waals surface area contributed by atoms with E-state index >= 15 is 0 Å². The van der Waals surface area contributed by atoms with Gasteiger partial charge in [-0.2, -0.15) is 5.10 Å². The molecule has 2 N–H and O–H groups in total. The molecule has 0 bridgehead atoms. The second kappa shape index (κ2) is 11.3. The van der Waals surface area contributed by atoms with Gasteiger partial charge in [0.15, 0.2) is 0 Å². The molecule has 8 heteroatoms. The Morgan fingerprint density at radius 2 is 1.91 bits per heavy atom. The van der Waals surface area contributed by atoms with Crippen LogP contribution in [0.1, 0.15) is 63.1 Å². The fourth-order valence-corrected chi connectivity index (χ4v) is 3.69. The lowest BCUT2D eigenvalue weighted by Gasteiger charge is -2.22. The molecular formula is C27H37N5O3. The molecule has 2 heterocycles. The second-order valence-electron chi connectivity index (χ2n) is 9.94. The quantitative estimate of drug-likeness (QED) is 0.406. The lowest BCUT2D eigenvalue weighted by atomic mass is 9.92. The highest BCUT2D eigenvalue weighted by atomic mass is 16.3. The molecule has 8 nitrogen and oxygen atoms in total. The van der Waals surface area contributed by atoms with E-state index in [1.165, 1.54) is 4.90 Å². The fraction of sp³-hybridized carbons (Fsp3) is 0.444. The molecule has 0 aliphatic rings. The first-order chi connectivity index (χ1) is 16.6. The van der Waals surface area contributed by atoms with E-state index in [4.69, 9.17) is 9.52 Å². The van der Waals surface area contributed by atoms with Gasteiger partial charge in [-0.1, -0.05) is 51.8 Å². The molecule has 0 spiro atoms. The zero-order chi connectivity index (χ0) is 25.6. The van der Waals surface area contributed by atoms with Crippen molar-refractivity contribution in [2.24, 2.45) is 0 Å². The minimum absolute atomic E-state index is 0.123. The van der Waals surface area contributed by atoms with Crippen LogP contribution in [0.5, 0.6) is 0 Å². The van der Waals surface area contributed by atoms with Crippen molar-refractivity contribution in [3.8, 4) is 5.69 Å². The molecule has 0 atom stereocenters. The molecular weight excluding hydrogens is 442 g/mol. The first kappa shape index (κ1) is 26.1. The molecule has 0 saturated heterocycles. The number of urea groups is 1. The summed E-state index contributed by atoms with van der Waals surface area (Å²) in [6.07, 6.45) is 3.40.